The molecule has 0 radical (unpaired) electrons. The van der Waals surface area contributed by atoms with Crippen molar-refractivity contribution in [2.75, 3.05) is 0 Å². The van der Waals surface area contributed by atoms with Gasteiger partial charge in [0.1, 0.15) is 11.5 Å². The first-order valence-corrected chi connectivity index (χ1v) is 5.47. The van der Waals surface area contributed by atoms with E-state index in [4.69, 9.17) is 0 Å². The largest absolute Gasteiger partial charge is 0.508 e. The summed E-state index contributed by atoms with van der Waals surface area (Å²) in [6.07, 6.45) is 1.65. The number of hydrogen-bond acceptors (Lipinski definition) is 4. The quantitative estimate of drug-likeness (QED) is 0.684. The molecule has 88 valence electrons. The van der Waals surface area contributed by atoms with Gasteiger partial charge in [-0.05, 0) is 36.4 Å². The topological polar surface area (TPSA) is 66.2 Å². The second kappa shape index (κ2) is 4.00. The molecule has 18 heavy (non-hydrogen) atoms. The van der Waals surface area contributed by atoms with Gasteiger partial charge in [-0.1, -0.05) is 0 Å². The van der Waals surface area contributed by atoms with Crippen LogP contribution in [0.4, 0.5) is 0 Å². The molecule has 0 amide bonds. The van der Waals surface area contributed by atoms with Gasteiger partial charge in [-0.2, -0.15) is 0 Å². The molecular formula is C14H10N2O2. The van der Waals surface area contributed by atoms with Crippen molar-refractivity contribution < 1.29 is 10.2 Å². The number of fused-ring (bicyclic) bond motifs is 1. The number of phenols is 2. The third-order valence-corrected chi connectivity index (χ3v) is 2.69. The molecule has 0 atom stereocenters. The zero-order valence-corrected chi connectivity index (χ0v) is 9.41. The SMILES string of the molecule is Oc1ccc(-c2cnc3cc(O)ccc3n2)cc1. The lowest BCUT2D eigenvalue weighted by Crippen LogP contribution is -1.88. The zero-order valence-electron chi connectivity index (χ0n) is 9.41. The van der Waals surface area contributed by atoms with E-state index in [2.05, 4.69) is 9.97 Å². The van der Waals surface area contributed by atoms with Gasteiger partial charge in [-0.25, -0.2) is 4.98 Å². The van der Waals surface area contributed by atoms with Crippen LogP contribution < -0.4 is 0 Å². The van der Waals surface area contributed by atoms with Gasteiger partial charge in [0.2, 0.25) is 0 Å². The molecule has 3 rings (SSSR count). The molecule has 0 bridgehead atoms. The average molecular weight is 238 g/mol. The Balaban J connectivity index is 2.13. The van der Waals surface area contributed by atoms with Crippen molar-refractivity contribution >= 4 is 11.0 Å². The van der Waals surface area contributed by atoms with Gasteiger partial charge >= 0.3 is 0 Å². The van der Waals surface area contributed by atoms with Crippen LogP contribution in [0.25, 0.3) is 22.3 Å². The van der Waals surface area contributed by atoms with E-state index in [0.717, 1.165) is 16.8 Å². The van der Waals surface area contributed by atoms with Crippen molar-refractivity contribution in [1.29, 1.82) is 0 Å². The lowest BCUT2D eigenvalue weighted by atomic mass is 10.1. The highest BCUT2D eigenvalue weighted by Gasteiger charge is 2.03. The minimum absolute atomic E-state index is 0.175. The first kappa shape index (κ1) is 10.5. The van der Waals surface area contributed by atoms with E-state index >= 15 is 0 Å². The molecule has 3 aromatic rings. The molecule has 4 nitrogen and oxygen atoms in total. The molecule has 0 aliphatic rings. The fraction of sp³-hybridized carbons (Fsp3) is 0. The molecular weight excluding hydrogens is 228 g/mol. The van der Waals surface area contributed by atoms with Crippen molar-refractivity contribution in [1.82, 2.24) is 9.97 Å². The summed E-state index contributed by atoms with van der Waals surface area (Å²) in [6.45, 7) is 0. The van der Waals surface area contributed by atoms with Crippen LogP contribution in [0.15, 0.2) is 48.7 Å². The number of nitrogens with zero attached hydrogens (tertiary/aromatic N) is 2. The van der Waals surface area contributed by atoms with Gasteiger partial charge in [0.05, 0.1) is 22.9 Å². The zero-order chi connectivity index (χ0) is 12.5. The minimum Gasteiger partial charge on any atom is -0.508 e. The summed E-state index contributed by atoms with van der Waals surface area (Å²) in [6, 6.07) is 11.7. The van der Waals surface area contributed by atoms with Gasteiger partial charge in [0, 0.05) is 11.6 Å². The first-order valence-electron chi connectivity index (χ1n) is 5.47. The number of rotatable bonds is 1. The van der Waals surface area contributed by atoms with Gasteiger partial charge in [-0.3, -0.25) is 4.98 Å². The maximum atomic E-state index is 9.35. The summed E-state index contributed by atoms with van der Waals surface area (Å²) in [5, 5.41) is 18.6. The second-order valence-corrected chi connectivity index (χ2v) is 3.98. The number of aromatic nitrogens is 2. The molecule has 0 aliphatic carbocycles. The Bertz CT molecular complexity index is 709. The normalized spacial score (nSPS) is 10.7. The smallest absolute Gasteiger partial charge is 0.117 e. The van der Waals surface area contributed by atoms with Crippen LogP contribution in [-0.2, 0) is 0 Å². The fourth-order valence-corrected chi connectivity index (χ4v) is 1.77. The van der Waals surface area contributed by atoms with E-state index in [1.54, 1.807) is 48.7 Å². The summed E-state index contributed by atoms with van der Waals surface area (Å²) in [4.78, 5) is 8.72. The molecule has 1 heterocycles. The van der Waals surface area contributed by atoms with Gasteiger partial charge in [-0.15, -0.1) is 0 Å². The Morgan fingerprint density at radius 2 is 1.50 bits per heavy atom. The number of aromatic hydroxyl groups is 2. The summed E-state index contributed by atoms with van der Waals surface area (Å²) in [5.74, 6) is 0.395. The summed E-state index contributed by atoms with van der Waals surface area (Å²) >= 11 is 0. The van der Waals surface area contributed by atoms with Gasteiger partial charge < -0.3 is 10.2 Å². The standard InChI is InChI=1S/C14H10N2O2/c17-10-3-1-9(2-4-10)14-8-15-13-7-11(18)5-6-12(13)16-14/h1-8,17-18H. The van der Waals surface area contributed by atoms with E-state index < -0.39 is 0 Å². The molecule has 0 aliphatic heterocycles. The molecule has 0 unspecified atom stereocenters. The number of phenolic OH excluding ortho intramolecular Hbond substituents is 2. The van der Waals surface area contributed by atoms with E-state index in [9.17, 15) is 10.2 Å². The Labute approximate surface area is 103 Å². The van der Waals surface area contributed by atoms with E-state index in [-0.39, 0.29) is 11.5 Å². The predicted octanol–water partition coefficient (Wildman–Crippen LogP) is 2.71. The fourth-order valence-electron chi connectivity index (χ4n) is 1.77. The van der Waals surface area contributed by atoms with Crippen molar-refractivity contribution in [3.63, 3.8) is 0 Å². The Morgan fingerprint density at radius 1 is 0.778 bits per heavy atom. The summed E-state index contributed by atoms with van der Waals surface area (Å²) in [5.41, 5.74) is 2.99. The van der Waals surface area contributed by atoms with Crippen LogP contribution in [0.3, 0.4) is 0 Å². The van der Waals surface area contributed by atoms with Crippen LogP contribution in [0, 0.1) is 0 Å². The van der Waals surface area contributed by atoms with Gasteiger partial charge in [0.25, 0.3) is 0 Å². The Morgan fingerprint density at radius 3 is 2.28 bits per heavy atom. The Kier molecular flexibility index (Phi) is 2.34. The van der Waals surface area contributed by atoms with E-state index in [0.29, 0.717) is 5.52 Å². The molecule has 0 spiro atoms. The highest BCUT2D eigenvalue weighted by Crippen LogP contribution is 2.22. The van der Waals surface area contributed by atoms with Gasteiger partial charge in [0.15, 0.2) is 0 Å². The van der Waals surface area contributed by atoms with Crippen molar-refractivity contribution in [2.45, 2.75) is 0 Å². The van der Waals surface area contributed by atoms with E-state index in [1.165, 1.54) is 0 Å². The molecule has 0 saturated heterocycles. The lowest BCUT2D eigenvalue weighted by Gasteiger charge is -2.03. The van der Waals surface area contributed by atoms with Crippen LogP contribution in [0.2, 0.25) is 0 Å². The van der Waals surface area contributed by atoms with Crippen molar-refractivity contribution in [3.8, 4) is 22.8 Å². The molecule has 2 aromatic carbocycles. The molecule has 2 N–H and O–H groups in total. The van der Waals surface area contributed by atoms with Crippen LogP contribution in [-0.4, -0.2) is 20.2 Å². The maximum absolute atomic E-state index is 9.35. The van der Waals surface area contributed by atoms with Crippen LogP contribution in [0.5, 0.6) is 11.5 Å². The molecule has 4 heteroatoms. The van der Waals surface area contributed by atoms with E-state index in [1.807, 2.05) is 0 Å². The highest BCUT2D eigenvalue weighted by atomic mass is 16.3. The summed E-state index contributed by atoms with van der Waals surface area (Å²) < 4.78 is 0. The monoisotopic (exact) mass is 238 g/mol. The van der Waals surface area contributed by atoms with Crippen molar-refractivity contribution in [3.05, 3.63) is 48.7 Å². The minimum atomic E-state index is 0.175. The second-order valence-electron chi connectivity index (χ2n) is 3.98. The Hall–Kier alpha value is -2.62. The molecule has 0 fully saturated rings. The van der Waals surface area contributed by atoms with Crippen LogP contribution >= 0.6 is 0 Å². The predicted molar refractivity (Wildman–Crippen MR) is 68.3 cm³/mol. The van der Waals surface area contributed by atoms with Crippen LogP contribution in [0.1, 0.15) is 0 Å². The third kappa shape index (κ3) is 1.84. The average Bonchev–Trinajstić information content (AvgIpc) is 2.39. The maximum Gasteiger partial charge on any atom is 0.117 e. The number of hydrogen-bond donors (Lipinski definition) is 2. The first-order chi connectivity index (χ1) is 8.72. The summed E-state index contributed by atoms with van der Waals surface area (Å²) in [7, 11) is 0. The third-order valence-electron chi connectivity index (χ3n) is 2.69. The lowest BCUT2D eigenvalue weighted by molar-refractivity contribution is 0.475. The molecule has 0 saturated carbocycles. The number of benzene rings is 2. The highest BCUT2D eigenvalue weighted by molar-refractivity contribution is 5.78. The molecule has 1 aromatic heterocycles. The van der Waals surface area contributed by atoms with Crippen molar-refractivity contribution in [2.24, 2.45) is 0 Å².